The van der Waals surface area contributed by atoms with Crippen molar-refractivity contribution in [2.45, 2.75) is 25.8 Å². The van der Waals surface area contributed by atoms with E-state index in [-0.39, 0.29) is 5.91 Å². The second kappa shape index (κ2) is 7.01. The molecule has 1 atom stereocenters. The average Bonchev–Trinajstić information content (AvgIpc) is 3.03. The summed E-state index contributed by atoms with van der Waals surface area (Å²) in [6, 6.07) is 7.02. The number of carbonyl (C=O) groups excluding carboxylic acids is 1. The number of nitrogens with zero attached hydrogens (tertiary/aromatic N) is 2. The number of amides is 1. The van der Waals surface area contributed by atoms with Gasteiger partial charge in [-0.25, -0.2) is 4.79 Å². The SMILES string of the molecule is CCCC(C(=O)O)N1C(=O)/C(=C/c2cn(C)c3ccccc23)SC1=S. The zero-order chi connectivity index (χ0) is 18.1. The lowest BCUT2D eigenvalue weighted by molar-refractivity contribution is -0.145. The number of para-hydroxylation sites is 1. The molecule has 1 aliphatic heterocycles. The number of thioether (sulfide) groups is 1. The molecule has 0 spiro atoms. The maximum Gasteiger partial charge on any atom is 0.326 e. The molecule has 5 nitrogen and oxygen atoms in total. The largest absolute Gasteiger partial charge is 0.480 e. The highest BCUT2D eigenvalue weighted by Gasteiger charge is 2.40. The molecule has 1 aromatic heterocycles. The molecule has 1 aliphatic rings. The third-order valence-electron chi connectivity index (χ3n) is 4.20. The Morgan fingerprint density at radius 3 is 2.80 bits per heavy atom. The number of rotatable bonds is 5. The van der Waals surface area contributed by atoms with Crippen molar-refractivity contribution in [3.8, 4) is 0 Å². The van der Waals surface area contributed by atoms with E-state index in [0.717, 1.165) is 28.2 Å². The van der Waals surface area contributed by atoms with Crippen LogP contribution in [0, 0.1) is 0 Å². The van der Waals surface area contributed by atoms with Crippen LogP contribution in [-0.2, 0) is 16.6 Å². The number of fused-ring (bicyclic) bond motifs is 1. The normalized spacial score (nSPS) is 17.7. The Labute approximate surface area is 155 Å². The Bertz CT molecular complexity index is 901. The monoisotopic (exact) mass is 374 g/mol. The highest BCUT2D eigenvalue weighted by Crippen LogP contribution is 2.36. The Kier molecular flexibility index (Phi) is 4.96. The lowest BCUT2D eigenvalue weighted by atomic mass is 10.1. The van der Waals surface area contributed by atoms with Crippen molar-refractivity contribution in [1.82, 2.24) is 9.47 Å². The van der Waals surface area contributed by atoms with Crippen LogP contribution in [0.5, 0.6) is 0 Å². The molecule has 7 heteroatoms. The summed E-state index contributed by atoms with van der Waals surface area (Å²) in [7, 11) is 1.95. The van der Waals surface area contributed by atoms with E-state index in [1.165, 1.54) is 4.90 Å². The molecule has 0 saturated carbocycles. The Morgan fingerprint density at radius 1 is 1.40 bits per heavy atom. The fourth-order valence-electron chi connectivity index (χ4n) is 3.01. The molecule has 1 unspecified atom stereocenters. The number of thiocarbonyl (C=S) groups is 1. The van der Waals surface area contributed by atoms with E-state index < -0.39 is 12.0 Å². The molecule has 3 rings (SSSR count). The lowest BCUT2D eigenvalue weighted by Gasteiger charge is -2.22. The van der Waals surface area contributed by atoms with Gasteiger partial charge >= 0.3 is 5.97 Å². The van der Waals surface area contributed by atoms with Crippen molar-refractivity contribution in [2.24, 2.45) is 7.05 Å². The van der Waals surface area contributed by atoms with E-state index in [4.69, 9.17) is 12.2 Å². The van der Waals surface area contributed by atoms with Gasteiger partial charge in [-0.05, 0) is 18.6 Å². The minimum Gasteiger partial charge on any atom is -0.480 e. The number of aromatic nitrogens is 1. The maximum atomic E-state index is 12.8. The van der Waals surface area contributed by atoms with E-state index in [1.54, 1.807) is 6.08 Å². The third-order valence-corrected chi connectivity index (χ3v) is 5.53. The fraction of sp³-hybridized carbons (Fsp3) is 0.278. The summed E-state index contributed by atoms with van der Waals surface area (Å²) < 4.78 is 2.30. The Morgan fingerprint density at radius 2 is 2.12 bits per heavy atom. The summed E-state index contributed by atoms with van der Waals surface area (Å²) in [6.45, 7) is 1.89. The number of hydrogen-bond donors (Lipinski definition) is 1. The number of aryl methyl sites for hydroxylation is 1. The maximum absolute atomic E-state index is 12.8. The van der Waals surface area contributed by atoms with Gasteiger partial charge in [0.2, 0.25) is 0 Å². The average molecular weight is 374 g/mol. The van der Waals surface area contributed by atoms with Crippen LogP contribution in [0.15, 0.2) is 35.4 Å². The third kappa shape index (κ3) is 3.21. The first-order valence-electron chi connectivity index (χ1n) is 7.98. The van der Waals surface area contributed by atoms with E-state index in [0.29, 0.717) is 22.1 Å². The number of carboxylic acid groups (broad SMARTS) is 1. The van der Waals surface area contributed by atoms with Crippen molar-refractivity contribution in [2.75, 3.05) is 0 Å². The number of carboxylic acids is 1. The summed E-state index contributed by atoms with van der Waals surface area (Å²) in [4.78, 5) is 26.0. The second-order valence-corrected chi connectivity index (χ2v) is 7.58. The number of carbonyl (C=O) groups is 2. The minimum absolute atomic E-state index is 0.303. The Balaban J connectivity index is 1.98. The second-order valence-electron chi connectivity index (χ2n) is 5.91. The van der Waals surface area contributed by atoms with Crippen LogP contribution < -0.4 is 0 Å². The topological polar surface area (TPSA) is 62.5 Å². The Hall–Kier alpha value is -2.12. The fourth-order valence-corrected chi connectivity index (χ4v) is 4.36. The molecule has 25 heavy (non-hydrogen) atoms. The highest BCUT2D eigenvalue weighted by molar-refractivity contribution is 8.26. The van der Waals surface area contributed by atoms with Crippen molar-refractivity contribution in [3.63, 3.8) is 0 Å². The van der Waals surface area contributed by atoms with Crippen molar-refractivity contribution in [1.29, 1.82) is 0 Å². The number of hydrogen-bond acceptors (Lipinski definition) is 4. The van der Waals surface area contributed by atoms with Gasteiger partial charge in [-0.1, -0.05) is 55.5 Å². The number of benzene rings is 1. The van der Waals surface area contributed by atoms with Gasteiger partial charge in [0.15, 0.2) is 0 Å². The van der Waals surface area contributed by atoms with Gasteiger partial charge in [0, 0.05) is 29.7 Å². The molecule has 0 aliphatic carbocycles. The summed E-state index contributed by atoms with van der Waals surface area (Å²) in [6.07, 6.45) is 4.80. The predicted octanol–water partition coefficient (Wildman–Crippen LogP) is 3.63. The zero-order valence-corrected chi connectivity index (χ0v) is 15.6. The molecule has 0 radical (unpaired) electrons. The van der Waals surface area contributed by atoms with Gasteiger partial charge in [0.25, 0.3) is 5.91 Å². The van der Waals surface area contributed by atoms with Gasteiger partial charge in [-0.15, -0.1) is 0 Å². The highest BCUT2D eigenvalue weighted by atomic mass is 32.2. The summed E-state index contributed by atoms with van der Waals surface area (Å²) in [5.74, 6) is -1.35. The smallest absolute Gasteiger partial charge is 0.326 e. The van der Waals surface area contributed by atoms with E-state index in [2.05, 4.69) is 0 Å². The van der Waals surface area contributed by atoms with Crippen LogP contribution in [0.3, 0.4) is 0 Å². The van der Waals surface area contributed by atoms with Gasteiger partial charge in [-0.3, -0.25) is 9.69 Å². The first kappa shape index (κ1) is 17.7. The van der Waals surface area contributed by atoms with Gasteiger partial charge in [0.1, 0.15) is 10.4 Å². The van der Waals surface area contributed by atoms with Crippen molar-refractivity contribution in [3.05, 3.63) is 40.9 Å². The van der Waals surface area contributed by atoms with Crippen molar-refractivity contribution >= 4 is 57.2 Å². The standard InChI is InChI=1S/C18H18N2O3S2/c1-3-6-14(17(22)23)20-16(21)15(25-18(20)24)9-11-10-19(2)13-8-5-4-7-12(11)13/h4-5,7-10,14H,3,6H2,1-2H3,(H,22,23)/b15-9-. The predicted molar refractivity (Wildman–Crippen MR) is 104 cm³/mol. The van der Waals surface area contributed by atoms with E-state index >= 15 is 0 Å². The molecule has 130 valence electrons. The molecular weight excluding hydrogens is 356 g/mol. The molecular formula is C18H18N2O3S2. The van der Waals surface area contributed by atoms with Gasteiger partial charge < -0.3 is 9.67 Å². The van der Waals surface area contributed by atoms with Crippen LogP contribution in [0.1, 0.15) is 25.3 Å². The molecule has 1 aromatic carbocycles. The first-order valence-corrected chi connectivity index (χ1v) is 9.20. The van der Waals surface area contributed by atoms with Gasteiger partial charge in [-0.2, -0.15) is 0 Å². The van der Waals surface area contributed by atoms with Crippen LogP contribution in [-0.4, -0.2) is 36.8 Å². The van der Waals surface area contributed by atoms with Gasteiger partial charge in [0.05, 0.1) is 4.91 Å². The first-order chi connectivity index (χ1) is 11.9. The molecule has 2 aromatic rings. The van der Waals surface area contributed by atoms with Crippen LogP contribution in [0.4, 0.5) is 0 Å². The number of aliphatic carboxylic acids is 1. The molecule has 1 N–H and O–H groups in total. The summed E-state index contributed by atoms with van der Waals surface area (Å²) in [5.41, 5.74) is 1.99. The minimum atomic E-state index is -1.02. The molecule has 1 saturated heterocycles. The molecule has 0 bridgehead atoms. The zero-order valence-electron chi connectivity index (χ0n) is 13.9. The van der Waals surface area contributed by atoms with E-state index in [9.17, 15) is 14.7 Å². The quantitative estimate of drug-likeness (QED) is 0.640. The molecule has 1 amide bonds. The summed E-state index contributed by atoms with van der Waals surface area (Å²) in [5, 5.41) is 10.5. The molecule has 1 fully saturated rings. The lowest BCUT2D eigenvalue weighted by Crippen LogP contribution is -2.43. The van der Waals surface area contributed by atoms with Crippen LogP contribution in [0.2, 0.25) is 0 Å². The van der Waals surface area contributed by atoms with E-state index in [1.807, 2.05) is 49.0 Å². The summed E-state index contributed by atoms with van der Waals surface area (Å²) >= 11 is 6.44. The van der Waals surface area contributed by atoms with Crippen LogP contribution >= 0.6 is 24.0 Å². The molecule has 2 heterocycles. The van der Waals surface area contributed by atoms with Crippen LogP contribution in [0.25, 0.3) is 17.0 Å². The van der Waals surface area contributed by atoms with Crippen molar-refractivity contribution < 1.29 is 14.7 Å².